The van der Waals surface area contributed by atoms with Crippen molar-refractivity contribution in [3.05, 3.63) is 77.4 Å². The first-order valence-electron chi connectivity index (χ1n) is 17.1. The average Bonchev–Trinajstić information content (AvgIpc) is 3.36. The number of nitrogens with one attached hydrogen (secondary N) is 2. The standard InChI is InChI=1S/C36H47N9O2.ClH/c1-4-20-44-33(46)29-25-38-34(41-32(29)45(44)31-7-5-6-30(40-31)35(2,3)47)39-26-8-10-27(11-9-26)42-21-23-43(24-22-42)28-12-14-36(15-13-28)16-18-37-19-17-36;/h4-11,25,28,37,47H,1,12-24H2,2-3H3,(H,38,39,41);1H. The van der Waals surface area contributed by atoms with Crippen molar-refractivity contribution in [1.29, 1.82) is 0 Å². The first kappa shape index (κ1) is 34.1. The van der Waals surface area contributed by atoms with E-state index in [0.717, 1.165) is 37.9 Å². The predicted molar refractivity (Wildman–Crippen MR) is 194 cm³/mol. The maximum Gasteiger partial charge on any atom is 0.278 e. The van der Waals surface area contributed by atoms with Crippen LogP contribution in [0.15, 0.2) is 66.1 Å². The normalized spacial score (nSPS) is 18.9. The summed E-state index contributed by atoms with van der Waals surface area (Å²) >= 11 is 0. The third-order valence-corrected chi connectivity index (χ3v) is 10.6. The Morgan fingerprint density at radius 1 is 1.02 bits per heavy atom. The summed E-state index contributed by atoms with van der Waals surface area (Å²) in [5.41, 5.74) is 2.24. The van der Waals surface area contributed by atoms with Crippen LogP contribution in [0.1, 0.15) is 58.1 Å². The highest BCUT2D eigenvalue weighted by molar-refractivity contribution is 5.85. The largest absolute Gasteiger partial charge is 0.384 e. The number of allylic oxidation sites excluding steroid dienone is 1. The number of hydrogen-bond acceptors (Lipinski definition) is 9. The molecule has 256 valence electrons. The van der Waals surface area contributed by atoms with E-state index >= 15 is 0 Å². The van der Waals surface area contributed by atoms with Crippen molar-refractivity contribution in [2.75, 3.05) is 49.5 Å². The van der Waals surface area contributed by atoms with E-state index in [1.807, 2.05) is 6.07 Å². The number of benzene rings is 1. The zero-order chi connectivity index (χ0) is 32.6. The van der Waals surface area contributed by atoms with Crippen LogP contribution in [0, 0.1) is 5.41 Å². The Kier molecular flexibility index (Phi) is 9.94. The lowest BCUT2D eigenvalue weighted by atomic mass is 9.67. The summed E-state index contributed by atoms with van der Waals surface area (Å²) in [5, 5.41) is 17.8. The lowest BCUT2D eigenvalue weighted by molar-refractivity contribution is 0.0627. The lowest BCUT2D eigenvalue weighted by Gasteiger charge is -2.47. The van der Waals surface area contributed by atoms with Crippen LogP contribution in [-0.4, -0.2) is 79.6 Å². The number of fused-ring (bicyclic) bond motifs is 1. The van der Waals surface area contributed by atoms with Crippen molar-refractivity contribution in [3.63, 3.8) is 0 Å². The van der Waals surface area contributed by atoms with Gasteiger partial charge >= 0.3 is 0 Å². The van der Waals surface area contributed by atoms with E-state index < -0.39 is 5.60 Å². The summed E-state index contributed by atoms with van der Waals surface area (Å²) in [7, 11) is 0. The minimum absolute atomic E-state index is 0. The average molecular weight is 674 g/mol. The van der Waals surface area contributed by atoms with Gasteiger partial charge in [-0.2, -0.15) is 4.98 Å². The van der Waals surface area contributed by atoms with E-state index in [0.29, 0.717) is 33.9 Å². The van der Waals surface area contributed by atoms with Gasteiger partial charge in [0.2, 0.25) is 5.95 Å². The molecular weight excluding hydrogens is 626 g/mol. The molecule has 1 spiro atoms. The van der Waals surface area contributed by atoms with Gasteiger partial charge in [0.05, 0.1) is 12.2 Å². The molecule has 1 saturated carbocycles. The fraction of sp³-hybridized carbons (Fsp3) is 0.500. The molecule has 48 heavy (non-hydrogen) atoms. The van der Waals surface area contributed by atoms with Crippen LogP contribution in [0.2, 0.25) is 0 Å². The maximum absolute atomic E-state index is 13.3. The van der Waals surface area contributed by atoms with Crippen LogP contribution in [0.5, 0.6) is 0 Å². The smallest absolute Gasteiger partial charge is 0.278 e. The van der Waals surface area contributed by atoms with Gasteiger partial charge in [0.15, 0.2) is 11.5 Å². The quantitative estimate of drug-likeness (QED) is 0.223. The Balaban J connectivity index is 0.00000401. The Morgan fingerprint density at radius 3 is 2.40 bits per heavy atom. The van der Waals surface area contributed by atoms with Crippen LogP contribution in [0.4, 0.5) is 17.3 Å². The third-order valence-electron chi connectivity index (χ3n) is 10.6. The van der Waals surface area contributed by atoms with Crippen LogP contribution >= 0.6 is 12.4 Å². The lowest BCUT2D eigenvalue weighted by Crippen LogP contribution is -2.52. The summed E-state index contributed by atoms with van der Waals surface area (Å²) in [6.07, 6.45) is 11.4. The molecule has 0 radical (unpaired) electrons. The molecule has 3 fully saturated rings. The molecule has 5 heterocycles. The molecule has 12 heteroatoms. The fourth-order valence-corrected chi connectivity index (χ4v) is 7.76. The highest BCUT2D eigenvalue weighted by Gasteiger charge is 2.38. The molecule has 1 aliphatic carbocycles. The molecule has 1 aromatic carbocycles. The van der Waals surface area contributed by atoms with Gasteiger partial charge < -0.3 is 20.6 Å². The van der Waals surface area contributed by atoms with E-state index in [-0.39, 0.29) is 24.5 Å². The summed E-state index contributed by atoms with van der Waals surface area (Å²) < 4.78 is 3.20. The first-order chi connectivity index (χ1) is 22.7. The van der Waals surface area contributed by atoms with E-state index in [1.54, 1.807) is 42.9 Å². The summed E-state index contributed by atoms with van der Waals surface area (Å²) in [6.45, 7) is 14.2. The number of nitrogens with zero attached hydrogens (tertiary/aromatic N) is 7. The number of aromatic nitrogens is 5. The number of halogens is 1. The second kappa shape index (κ2) is 14.0. The molecule has 2 saturated heterocycles. The Bertz CT molecular complexity index is 1770. The molecule has 3 N–H and O–H groups in total. The Hall–Kier alpha value is -3.77. The number of rotatable bonds is 8. The molecule has 2 aliphatic heterocycles. The summed E-state index contributed by atoms with van der Waals surface area (Å²) in [5.74, 6) is 0.850. The van der Waals surface area contributed by atoms with Crippen LogP contribution < -0.4 is 21.1 Å². The molecule has 11 nitrogen and oxygen atoms in total. The molecule has 0 bridgehead atoms. The number of piperidine rings is 1. The van der Waals surface area contributed by atoms with Gasteiger partial charge in [-0.1, -0.05) is 12.1 Å². The predicted octanol–water partition coefficient (Wildman–Crippen LogP) is 4.99. The van der Waals surface area contributed by atoms with Gasteiger partial charge in [0.1, 0.15) is 11.0 Å². The fourth-order valence-electron chi connectivity index (χ4n) is 7.76. The van der Waals surface area contributed by atoms with Gasteiger partial charge in [0, 0.05) is 49.8 Å². The van der Waals surface area contributed by atoms with E-state index in [2.05, 4.69) is 61.2 Å². The van der Waals surface area contributed by atoms with E-state index in [9.17, 15) is 9.90 Å². The molecule has 4 aromatic rings. The minimum Gasteiger partial charge on any atom is -0.384 e. The monoisotopic (exact) mass is 673 g/mol. The number of pyridine rings is 1. The van der Waals surface area contributed by atoms with Gasteiger partial charge in [-0.05, 0) is 107 Å². The molecule has 3 aromatic heterocycles. The number of hydrogen-bond donors (Lipinski definition) is 3. The Morgan fingerprint density at radius 2 is 1.73 bits per heavy atom. The molecular formula is C36H48ClN9O2. The van der Waals surface area contributed by atoms with Crippen molar-refractivity contribution >= 4 is 40.8 Å². The maximum atomic E-state index is 13.3. The first-order valence-corrected chi connectivity index (χ1v) is 17.1. The summed E-state index contributed by atoms with van der Waals surface area (Å²) in [4.78, 5) is 32.4. The molecule has 0 amide bonds. The molecule has 7 rings (SSSR count). The molecule has 0 atom stereocenters. The van der Waals surface area contributed by atoms with Gasteiger partial charge in [-0.15, -0.1) is 19.0 Å². The van der Waals surface area contributed by atoms with Crippen LogP contribution in [0.25, 0.3) is 16.9 Å². The molecule has 0 unspecified atom stereocenters. The van der Waals surface area contributed by atoms with Crippen LogP contribution in [0.3, 0.4) is 0 Å². The minimum atomic E-state index is -1.14. The van der Waals surface area contributed by atoms with Crippen molar-refractivity contribution in [3.8, 4) is 5.82 Å². The van der Waals surface area contributed by atoms with Crippen molar-refractivity contribution in [2.45, 2.75) is 70.6 Å². The second-order valence-corrected chi connectivity index (χ2v) is 14.0. The second-order valence-electron chi connectivity index (χ2n) is 14.0. The SMILES string of the molecule is C=CCn1c(=O)c2cnc(Nc3ccc(N4CCN(C5CCC6(CCNCC6)CC5)CC4)cc3)nc2n1-c1cccc(C(C)(C)O)n1.Cl. The third kappa shape index (κ3) is 6.87. The molecule has 3 aliphatic rings. The summed E-state index contributed by atoms with van der Waals surface area (Å²) in [6, 6.07) is 14.5. The van der Waals surface area contributed by atoms with Crippen molar-refractivity contribution in [2.24, 2.45) is 5.41 Å². The van der Waals surface area contributed by atoms with Crippen LogP contribution in [-0.2, 0) is 12.1 Å². The number of piperazine rings is 1. The van der Waals surface area contributed by atoms with Gasteiger partial charge in [-0.3, -0.25) is 9.69 Å². The number of aliphatic hydroxyl groups is 1. The van der Waals surface area contributed by atoms with Crippen molar-refractivity contribution in [1.82, 2.24) is 34.5 Å². The zero-order valence-corrected chi connectivity index (χ0v) is 28.9. The van der Waals surface area contributed by atoms with Crippen molar-refractivity contribution < 1.29 is 5.11 Å². The zero-order valence-electron chi connectivity index (χ0n) is 28.1. The Labute approximate surface area is 288 Å². The van der Waals surface area contributed by atoms with E-state index in [4.69, 9.17) is 4.98 Å². The van der Waals surface area contributed by atoms with E-state index in [1.165, 1.54) is 62.0 Å². The van der Waals surface area contributed by atoms with Gasteiger partial charge in [-0.25, -0.2) is 19.3 Å². The number of anilines is 3. The highest BCUT2D eigenvalue weighted by Crippen LogP contribution is 2.44. The van der Waals surface area contributed by atoms with Gasteiger partial charge in [0.25, 0.3) is 5.56 Å². The highest BCUT2D eigenvalue weighted by atomic mass is 35.5. The topological polar surface area (TPSA) is 116 Å².